The van der Waals surface area contributed by atoms with Gasteiger partial charge in [-0.1, -0.05) is 38.5 Å². The third-order valence-electron chi connectivity index (χ3n) is 9.28. The van der Waals surface area contributed by atoms with Crippen molar-refractivity contribution in [2.75, 3.05) is 30.3 Å². The molecule has 0 unspecified atom stereocenters. The summed E-state index contributed by atoms with van der Waals surface area (Å²) in [4.78, 5) is 55.3. The summed E-state index contributed by atoms with van der Waals surface area (Å²) in [6.07, 6.45) is 5.33. The number of amides is 4. The summed E-state index contributed by atoms with van der Waals surface area (Å²) in [5, 5.41) is 5.77. The second-order valence-corrected chi connectivity index (χ2v) is 13.5. The van der Waals surface area contributed by atoms with Gasteiger partial charge < -0.3 is 30.9 Å². The summed E-state index contributed by atoms with van der Waals surface area (Å²) in [6, 6.07) is 18.5. The predicted molar refractivity (Wildman–Crippen MR) is 180 cm³/mol. The normalized spacial score (nSPS) is 15.6. The monoisotopic (exact) mass is 637 g/mol. The predicted octanol–water partition coefficient (Wildman–Crippen LogP) is 5.11. The highest BCUT2D eigenvalue weighted by Crippen LogP contribution is 2.34. The molecule has 3 aliphatic rings. The Balaban J connectivity index is 1.06. The number of fused-ring (bicyclic) bond motifs is 2. The zero-order valence-corrected chi connectivity index (χ0v) is 27.1. The highest BCUT2D eigenvalue weighted by Gasteiger charge is 2.34. The standard InChI is InChI=1S/C37H43N5O5/c1-37(2,16-3-4-17-38)36(46)41-18-15-26-19-29(11-9-28(26)22-41)39-34(44)25-7-5-24(6-8-25)21-42(30-12-13-30)35(45)27-10-14-31-32(20-27)47-23-33(43)40-31/h5-11,14,19-20,30H,3-4,12-13,15-18,21-23,38H2,1-2H3,(H,39,44)(H,40,43). The Hall–Kier alpha value is -4.70. The number of rotatable bonds is 11. The van der Waals surface area contributed by atoms with Gasteiger partial charge in [-0.25, -0.2) is 0 Å². The van der Waals surface area contributed by atoms with E-state index in [0.29, 0.717) is 48.7 Å². The van der Waals surface area contributed by atoms with Crippen LogP contribution in [0.15, 0.2) is 60.7 Å². The zero-order chi connectivity index (χ0) is 33.1. The molecule has 0 spiro atoms. The number of carbonyl (C=O) groups excluding carboxylic acids is 4. The molecule has 1 saturated carbocycles. The number of nitrogens with zero attached hydrogens (tertiary/aromatic N) is 2. The van der Waals surface area contributed by atoms with Crippen molar-refractivity contribution in [3.05, 3.63) is 88.5 Å². The molecule has 6 rings (SSSR count). The third kappa shape index (κ3) is 7.49. The molecule has 0 radical (unpaired) electrons. The summed E-state index contributed by atoms with van der Waals surface area (Å²) >= 11 is 0. The van der Waals surface area contributed by atoms with Gasteiger partial charge in [0.15, 0.2) is 6.61 Å². The van der Waals surface area contributed by atoms with E-state index in [1.165, 1.54) is 0 Å². The molecule has 47 heavy (non-hydrogen) atoms. The first-order chi connectivity index (χ1) is 22.6. The molecule has 0 saturated heterocycles. The maximum Gasteiger partial charge on any atom is 0.262 e. The average Bonchev–Trinajstić information content (AvgIpc) is 3.92. The van der Waals surface area contributed by atoms with E-state index in [-0.39, 0.29) is 36.3 Å². The first-order valence-electron chi connectivity index (χ1n) is 16.5. The van der Waals surface area contributed by atoms with E-state index in [1.807, 2.05) is 54.0 Å². The molecular formula is C37H43N5O5. The maximum absolute atomic E-state index is 13.5. The minimum atomic E-state index is -0.416. The quantitative estimate of drug-likeness (QED) is 0.250. The largest absolute Gasteiger partial charge is 0.482 e. The van der Waals surface area contributed by atoms with Gasteiger partial charge in [0.05, 0.1) is 5.69 Å². The molecule has 3 aromatic rings. The van der Waals surface area contributed by atoms with Crippen LogP contribution in [0.5, 0.6) is 5.75 Å². The van der Waals surface area contributed by atoms with Gasteiger partial charge in [-0.3, -0.25) is 19.2 Å². The van der Waals surface area contributed by atoms with Gasteiger partial charge in [-0.15, -0.1) is 0 Å². The molecule has 2 heterocycles. The molecule has 10 heteroatoms. The second-order valence-electron chi connectivity index (χ2n) is 13.5. The lowest BCUT2D eigenvalue weighted by molar-refractivity contribution is -0.141. The summed E-state index contributed by atoms with van der Waals surface area (Å²) < 4.78 is 5.51. The molecule has 0 atom stereocenters. The molecule has 4 amide bonds. The number of hydrogen-bond acceptors (Lipinski definition) is 6. The minimum absolute atomic E-state index is 0.0700. The molecule has 2 aliphatic heterocycles. The number of ether oxygens (including phenoxy) is 1. The Morgan fingerprint density at radius 3 is 2.51 bits per heavy atom. The van der Waals surface area contributed by atoms with Crippen molar-refractivity contribution in [2.45, 2.75) is 71.5 Å². The summed E-state index contributed by atoms with van der Waals surface area (Å²) in [5.41, 5.74) is 10.7. The maximum atomic E-state index is 13.5. The smallest absolute Gasteiger partial charge is 0.262 e. The highest BCUT2D eigenvalue weighted by molar-refractivity contribution is 6.04. The van der Waals surface area contributed by atoms with Crippen molar-refractivity contribution < 1.29 is 23.9 Å². The molecule has 4 N–H and O–H groups in total. The van der Waals surface area contributed by atoms with Crippen LogP contribution in [0.4, 0.5) is 11.4 Å². The fourth-order valence-electron chi connectivity index (χ4n) is 6.34. The molecule has 10 nitrogen and oxygen atoms in total. The molecule has 3 aromatic carbocycles. The first-order valence-corrected chi connectivity index (χ1v) is 16.5. The van der Waals surface area contributed by atoms with E-state index < -0.39 is 5.41 Å². The minimum Gasteiger partial charge on any atom is -0.482 e. The van der Waals surface area contributed by atoms with Gasteiger partial charge in [0.2, 0.25) is 5.91 Å². The van der Waals surface area contributed by atoms with E-state index in [1.54, 1.807) is 30.3 Å². The van der Waals surface area contributed by atoms with Crippen LogP contribution in [0.2, 0.25) is 0 Å². The lowest BCUT2D eigenvalue weighted by atomic mass is 9.84. The fourth-order valence-corrected chi connectivity index (χ4v) is 6.34. The number of unbranched alkanes of at least 4 members (excludes halogenated alkanes) is 1. The third-order valence-corrected chi connectivity index (χ3v) is 9.28. The number of benzene rings is 3. The topological polar surface area (TPSA) is 134 Å². The van der Waals surface area contributed by atoms with Gasteiger partial charge in [0.25, 0.3) is 17.7 Å². The fraction of sp³-hybridized carbons (Fsp3) is 0.405. The van der Waals surface area contributed by atoms with Crippen LogP contribution in [0.25, 0.3) is 0 Å². The Morgan fingerprint density at radius 2 is 1.77 bits per heavy atom. The molecule has 0 bridgehead atoms. The Bertz CT molecular complexity index is 1680. The van der Waals surface area contributed by atoms with Crippen LogP contribution in [0, 0.1) is 5.41 Å². The van der Waals surface area contributed by atoms with E-state index >= 15 is 0 Å². The van der Waals surface area contributed by atoms with Crippen LogP contribution in [-0.2, 0) is 29.1 Å². The Morgan fingerprint density at radius 1 is 1.00 bits per heavy atom. The van der Waals surface area contributed by atoms with Crippen LogP contribution >= 0.6 is 0 Å². The number of carbonyl (C=O) groups is 4. The molecule has 1 fully saturated rings. The lowest BCUT2D eigenvalue weighted by Gasteiger charge is -2.35. The van der Waals surface area contributed by atoms with Crippen LogP contribution in [-0.4, -0.2) is 59.2 Å². The van der Waals surface area contributed by atoms with E-state index in [9.17, 15) is 19.2 Å². The van der Waals surface area contributed by atoms with Crippen molar-refractivity contribution in [3.63, 3.8) is 0 Å². The summed E-state index contributed by atoms with van der Waals surface area (Å²) in [6.45, 7) is 6.27. The zero-order valence-electron chi connectivity index (χ0n) is 27.1. The number of hydrogen-bond donors (Lipinski definition) is 3. The van der Waals surface area contributed by atoms with Crippen molar-refractivity contribution in [1.29, 1.82) is 0 Å². The average molecular weight is 638 g/mol. The van der Waals surface area contributed by atoms with Crippen molar-refractivity contribution >= 4 is 35.0 Å². The second kappa shape index (κ2) is 13.6. The molecule has 0 aromatic heterocycles. The highest BCUT2D eigenvalue weighted by atomic mass is 16.5. The van der Waals surface area contributed by atoms with Crippen molar-refractivity contribution in [3.8, 4) is 5.75 Å². The van der Waals surface area contributed by atoms with Crippen molar-refractivity contribution in [1.82, 2.24) is 9.80 Å². The van der Waals surface area contributed by atoms with Gasteiger partial charge in [-0.05, 0) is 97.8 Å². The van der Waals surface area contributed by atoms with Gasteiger partial charge in [-0.2, -0.15) is 0 Å². The van der Waals surface area contributed by atoms with E-state index in [2.05, 4.69) is 10.6 Å². The van der Waals surface area contributed by atoms with Crippen LogP contribution in [0.1, 0.15) is 83.4 Å². The number of nitrogens with one attached hydrogen (secondary N) is 2. The Labute approximate surface area is 275 Å². The number of nitrogens with two attached hydrogens (primary N) is 1. The van der Waals surface area contributed by atoms with Gasteiger partial charge in [0.1, 0.15) is 5.75 Å². The number of anilines is 2. The first kappa shape index (κ1) is 32.2. The van der Waals surface area contributed by atoms with E-state index in [0.717, 1.165) is 60.9 Å². The van der Waals surface area contributed by atoms with Crippen LogP contribution < -0.4 is 21.1 Å². The van der Waals surface area contributed by atoms with Gasteiger partial charge in [0, 0.05) is 47.9 Å². The van der Waals surface area contributed by atoms with Crippen LogP contribution in [0.3, 0.4) is 0 Å². The lowest BCUT2D eigenvalue weighted by Crippen LogP contribution is -2.43. The molecule has 246 valence electrons. The molecular weight excluding hydrogens is 594 g/mol. The summed E-state index contributed by atoms with van der Waals surface area (Å²) in [5.74, 6) is 0.149. The Kier molecular flexibility index (Phi) is 9.31. The summed E-state index contributed by atoms with van der Waals surface area (Å²) in [7, 11) is 0. The van der Waals surface area contributed by atoms with Gasteiger partial charge >= 0.3 is 0 Å². The van der Waals surface area contributed by atoms with E-state index in [4.69, 9.17) is 10.5 Å². The molecule has 1 aliphatic carbocycles. The van der Waals surface area contributed by atoms with Crippen molar-refractivity contribution in [2.24, 2.45) is 11.1 Å². The SMILES string of the molecule is CC(C)(CCCCN)C(=O)N1CCc2cc(NC(=O)c3ccc(CN(C(=O)c4ccc5c(c4)OCC(=O)N5)C4CC4)cc3)ccc2C1.